The van der Waals surface area contributed by atoms with Gasteiger partial charge < -0.3 is 24.8 Å². The Balaban J connectivity index is 1.45. The van der Waals surface area contributed by atoms with Crippen molar-refractivity contribution < 1.29 is 19.1 Å². The minimum absolute atomic E-state index is 0.0749. The van der Waals surface area contributed by atoms with Crippen molar-refractivity contribution in [1.29, 1.82) is 0 Å². The number of H-pyrrole nitrogens is 1. The smallest absolute Gasteiger partial charge is 0.246 e. The minimum Gasteiger partial charge on any atom is -0.497 e. The summed E-state index contributed by atoms with van der Waals surface area (Å²) >= 11 is 0. The zero-order chi connectivity index (χ0) is 24.0. The highest BCUT2D eigenvalue weighted by atomic mass is 16.5. The Morgan fingerprint density at radius 2 is 1.97 bits per heavy atom. The van der Waals surface area contributed by atoms with E-state index in [1.807, 2.05) is 23.1 Å². The molecule has 3 aliphatic rings. The van der Waals surface area contributed by atoms with Crippen LogP contribution in [-0.4, -0.2) is 64.8 Å². The van der Waals surface area contributed by atoms with E-state index < -0.39 is 12.1 Å². The molecular weight excluding hydrogens is 432 g/mol. The van der Waals surface area contributed by atoms with Crippen LogP contribution in [0, 0.1) is 5.92 Å². The Hall–Kier alpha value is -3.03. The molecule has 2 fully saturated rings. The standard InChI is InChI=1S/C26H34N4O4/c1-15(2)12-21-24-18(17-7-6-16(34-3)13-20(17)27-24)14-22-25(32)28-19(26(33)30(21)22)8-9-23(31)29-10-4-5-11-29/h6-7,13,15,19,21-22,27H,4-5,8-12,14H2,1-3H3,(H,28,32). The molecule has 4 heterocycles. The van der Waals surface area contributed by atoms with E-state index in [0.29, 0.717) is 18.8 Å². The number of piperazine rings is 1. The number of carbonyl (C=O) groups is 3. The van der Waals surface area contributed by atoms with Crippen molar-refractivity contribution >= 4 is 28.6 Å². The lowest BCUT2D eigenvalue weighted by atomic mass is 9.85. The summed E-state index contributed by atoms with van der Waals surface area (Å²) in [6.07, 6.45) is 3.93. The molecule has 182 valence electrons. The second-order valence-electron chi connectivity index (χ2n) is 10.2. The topological polar surface area (TPSA) is 94.7 Å². The van der Waals surface area contributed by atoms with Gasteiger partial charge >= 0.3 is 0 Å². The Labute approximate surface area is 200 Å². The number of methoxy groups -OCH3 is 1. The van der Waals surface area contributed by atoms with Crippen LogP contribution in [0.1, 0.15) is 63.3 Å². The van der Waals surface area contributed by atoms with E-state index in [4.69, 9.17) is 4.74 Å². The average molecular weight is 467 g/mol. The summed E-state index contributed by atoms with van der Waals surface area (Å²) in [7, 11) is 1.64. The maximum atomic E-state index is 13.7. The number of aromatic nitrogens is 1. The van der Waals surface area contributed by atoms with Gasteiger partial charge in [0, 0.05) is 48.6 Å². The van der Waals surface area contributed by atoms with E-state index in [2.05, 4.69) is 24.1 Å². The number of benzene rings is 1. The Morgan fingerprint density at radius 3 is 2.68 bits per heavy atom. The molecule has 1 aromatic heterocycles. The quantitative estimate of drug-likeness (QED) is 0.684. The molecule has 0 saturated carbocycles. The molecule has 3 amide bonds. The number of ether oxygens (including phenoxy) is 1. The van der Waals surface area contributed by atoms with Crippen LogP contribution in [-0.2, 0) is 20.8 Å². The minimum atomic E-state index is -0.656. The van der Waals surface area contributed by atoms with Gasteiger partial charge in [0.1, 0.15) is 17.8 Å². The van der Waals surface area contributed by atoms with Gasteiger partial charge in [0.25, 0.3) is 0 Å². The first kappa shape index (κ1) is 22.7. The van der Waals surface area contributed by atoms with Gasteiger partial charge in [-0.1, -0.05) is 13.8 Å². The maximum Gasteiger partial charge on any atom is 0.246 e. The fraction of sp³-hybridized carbons (Fsp3) is 0.577. The third-order valence-electron chi connectivity index (χ3n) is 7.52. The molecule has 2 aromatic rings. The number of nitrogens with one attached hydrogen (secondary N) is 2. The third-order valence-corrected chi connectivity index (χ3v) is 7.52. The molecule has 3 atom stereocenters. The normalized spacial score (nSPS) is 24.4. The highest BCUT2D eigenvalue weighted by Gasteiger charge is 2.48. The largest absolute Gasteiger partial charge is 0.497 e. The SMILES string of the molecule is COc1ccc2c3c([nH]c2c1)C(CC(C)C)N1C(=O)C(CCC(=O)N2CCCC2)NC(=O)C1C3. The number of aromatic amines is 1. The second kappa shape index (κ2) is 8.96. The Morgan fingerprint density at radius 1 is 1.21 bits per heavy atom. The molecule has 3 unspecified atom stereocenters. The first-order valence-electron chi connectivity index (χ1n) is 12.5. The highest BCUT2D eigenvalue weighted by Crippen LogP contribution is 2.42. The van der Waals surface area contributed by atoms with Crippen molar-refractivity contribution in [2.24, 2.45) is 5.92 Å². The summed E-state index contributed by atoms with van der Waals surface area (Å²) in [5.74, 6) is 0.976. The summed E-state index contributed by atoms with van der Waals surface area (Å²) in [4.78, 5) is 46.7. The van der Waals surface area contributed by atoms with Gasteiger partial charge in [-0.05, 0) is 49.3 Å². The molecule has 3 aliphatic heterocycles. The summed E-state index contributed by atoms with van der Waals surface area (Å²) in [5.41, 5.74) is 3.08. The number of amides is 3. The zero-order valence-electron chi connectivity index (χ0n) is 20.2. The zero-order valence-corrected chi connectivity index (χ0v) is 20.2. The molecule has 0 aliphatic carbocycles. The van der Waals surface area contributed by atoms with Crippen LogP contribution >= 0.6 is 0 Å². The van der Waals surface area contributed by atoms with Gasteiger partial charge in [0.15, 0.2) is 0 Å². The average Bonchev–Trinajstić information content (AvgIpc) is 3.47. The highest BCUT2D eigenvalue weighted by molar-refractivity contribution is 5.99. The van der Waals surface area contributed by atoms with Crippen LogP contribution in [0.5, 0.6) is 5.75 Å². The molecule has 5 rings (SSSR count). The predicted molar refractivity (Wildman–Crippen MR) is 128 cm³/mol. The fourth-order valence-corrected chi connectivity index (χ4v) is 5.84. The number of hydrogen-bond donors (Lipinski definition) is 2. The summed E-state index contributed by atoms with van der Waals surface area (Å²) < 4.78 is 5.39. The molecule has 8 heteroatoms. The molecule has 8 nitrogen and oxygen atoms in total. The first-order valence-corrected chi connectivity index (χ1v) is 12.5. The van der Waals surface area contributed by atoms with Crippen molar-refractivity contribution in [3.05, 3.63) is 29.5 Å². The molecule has 0 radical (unpaired) electrons. The van der Waals surface area contributed by atoms with E-state index in [0.717, 1.165) is 60.3 Å². The van der Waals surface area contributed by atoms with Crippen LogP contribution in [0.2, 0.25) is 0 Å². The Bertz CT molecular complexity index is 1120. The number of hydrogen-bond acceptors (Lipinski definition) is 4. The monoisotopic (exact) mass is 466 g/mol. The van der Waals surface area contributed by atoms with Crippen LogP contribution in [0.3, 0.4) is 0 Å². The number of fused-ring (bicyclic) bond motifs is 4. The summed E-state index contributed by atoms with van der Waals surface area (Å²) in [6, 6.07) is 4.53. The molecule has 34 heavy (non-hydrogen) atoms. The first-order chi connectivity index (χ1) is 16.4. The lowest BCUT2D eigenvalue weighted by molar-refractivity contribution is -0.154. The van der Waals surface area contributed by atoms with Crippen LogP contribution < -0.4 is 10.1 Å². The number of nitrogens with zero attached hydrogens (tertiary/aromatic N) is 2. The van der Waals surface area contributed by atoms with E-state index >= 15 is 0 Å². The maximum absolute atomic E-state index is 13.7. The number of carbonyl (C=O) groups excluding carboxylic acids is 3. The van der Waals surface area contributed by atoms with E-state index in [-0.39, 0.29) is 30.2 Å². The molecule has 0 spiro atoms. The van der Waals surface area contributed by atoms with Crippen LogP contribution in [0.25, 0.3) is 10.9 Å². The summed E-state index contributed by atoms with van der Waals surface area (Å²) in [6.45, 7) is 5.86. The van der Waals surface area contributed by atoms with Gasteiger partial charge in [-0.2, -0.15) is 0 Å². The van der Waals surface area contributed by atoms with Gasteiger partial charge in [-0.3, -0.25) is 14.4 Å². The van der Waals surface area contributed by atoms with Gasteiger partial charge in [0.05, 0.1) is 13.2 Å². The molecule has 1 aromatic carbocycles. The van der Waals surface area contributed by atoms with Crippen LogP contribution in [0.15, 0.2) is 18.2 Å². The summed E-state index contributed by atoms with van der Waals surface area (Å²) in [5, 5.41) is 4.02. The van der Waals surface area contributed by atoms with Gasteiger partial charge in [-0.25, -0.2) is 0 Å². The Kier molecular flexibility index (Phi) is 6.00. The van der Waals surface area contributed by atoms with Gasteiger partial charge in [-0.15, -0.1) is 0 Å². The van der Waals surface area contributed by atoms with E-state index in [9.17, 15) is 14.4 Å². The van der Waals surface area contributed by atoms with Crippen molar-refractivity contribution in [3.63, 3.8) is 0 Å². The lowest BCUT2D eigenvalue weighted by Gasteiger charge is -2.46. The van der Waals surface area contributed by atoms with Crippen molar-refractivity contribution in [1.82, 2.24) is 20.1 Å². The lowest BCUT2D eigenvalue weighted by Crippen LogP contribution is -2.66. The number of rotatable bonds is 6. The van der Waals surface area contributed by atoms with Crippen LogP contribution in [0.4, 0.5) is 0 Å². The molecular formula is C26H34N4O4. The van der Waals surface area contributed by atoms with Crippen molar-refractivity contribution in [3.8, 4) is 5.75 Å². The predicted octanol–water partition coefficient (Wildman–Crippen LogP) is 2.92. The molecule has 0 bridgehead atoms. The van der Waals surface area contributed by atoms with Crippen molar-refractivity contribution in [2.45, 2.75) is 70.5 Å². The number of likely N-dealkylation sites (tertiary alicyclic amines) is 1. The molecule has 2 N–H and O–H groups in total. The van der Waals surface area contributed by atoms with Crippen molar-refractivity contribution in [2.75, 3.05) is 20.2 Å². The molecule has 2 saturated heterocycles. The van der Waals surface area contributed by atoms with Gasteiger partial charge in [0.2, 0.25) is 17.7 Å². The van der Waals surface area contributed by atoms with E-state index in [1.54, 1.807) is 12.0 Å². The second-order valence-corrected chi connectivity index (χ2v) is 10.2. The fourth-order valence-electron chi connectivity index (χ4n) is 5.84. The third kappa shape index (κ3) is 3.93. The van der Waals surface area contributed by atoms with E-state index in [1.165, 1.54) is 0 Å².